The summed E-state index contributed by atoms with van der Waals surface area (Å²) in [5.41, 5.74) is 3.63. The van der Waals surface area contributed by atoms with Crippen molar-refractivity contribution in [2.75, 3.05) is 16.6 Å². The number of nitrogens with one attached hydrogen (secondary N) is 2. The van der Waals surface area contributed by atoms with Gasteiger partial charge in [-0.15, -0.1) is 0 Å². The number of amides is 2. The zero-order chi connectivity index (χ0) is 24.3. The summed E-state index contributed by atoms with van der Waals surface area (Å²) in [6.45, 7) is 4.61. The highest BCUT2D eigenvalue weighted by molar-refractivity contribution is 7.92. The number of fused-ring (bicyclic) bond motifs is 1. The number of carbonyl (C=O) groups is 2. The predicted octanol–water partition coefficient (Wildman–Crippen LogP) is 4.28. The minimum atomic E-state index is -3.82. The molecule has 0 aromatic heterocycles. The Morgan fingerprint density at radius 3 is 2.24 bits per heavy atom. The number of hydrogen-bond donors (Lipinski definition) is 2. The van der Waals surface area contributed by atoms with Crippen LogP contribution in [-0.4, -0.2) is 31.7 Å². The monoisotopic (exact) mass is 477 g/mol. The third-order valence-corrected chi connectivity index (χ3v) is 7.13. The SMILES string of the molecule is CC(C)C(=O)Nc1ccc(S(=O)(=O)Nc2ccc3c(c2)CN(C(=O)c2ccccc2)CC3)cc1. The maximum absolute atomic E-state index is 12.9. The van der Waals surface area contributed by atoms with Gasteiger partial charge in [0.25, 0.3) is 15.9 Å². The molecule has 0 fully saturated rings. The fourth-order valence-corrected chi connectivity index (χ4v) is 4.82. The van der Waals surface area contributed by atoms with E-state index in [1.807, 2.05) is 24.3 Å². The lowest BCUT2D eigenvalue weighted by atomic mass is 9.98. The molecule has 1 heterocycles. The standard InChI is InChI=1S/C26H27N3O4S/c1-18(2)25(30)27-22-10-12-24(13-11-22)34(32,33)28-23-9-8-19-14-15-29(17-21(19)16-23)26(31)20-6-4-3-5-7-20/h3-13,16,18,28H,14-15,17H2,1-2H3,(H,27,30). The molecule has 0 atom stereocenters. The third kappa shape index (κ3) is 5.28. The molecule has 0 aliphatic carbocycles. The maximum atomic E-state index is 12.9. The van der Waals surface area contributed by atoms with Crippen LogP contribution in [0.15, 0.2) is 77.7 Å². The molecule has 8 heteroatoms. The first-order valence-corrected chi connectivity index (χ1v) is 12.6. The molecule has 3 aromatic carbocycles. The van der Waals surface area contributed by atoms with E-state index in [9.17, 15) is 18.0 Å². The Labute approximate surface area is 199 Å². The molecule has 2 N–H and O–H groups in total. The molecule has 34 heavy (non-hydrogen) atoms. The van der Waals surface area contributed by atoms with Gasteiger partial charge < -0.3 is 10.2 Å². The van der Waals surface area contributed by atoms with Crippen LogP contribution in [0.25, 0.3) is 0 Å². The van der Waals surface area contributed by atoms with Gasteiger partial charge in [0.1, 0.15) is 0 Å². The Balaban J connectivity index is 1.48. The van der Waals surface area contributed by atoms with Crippen LogP contribution < -0.4 is 10.0 Å². The molecule has 0 bridgehead atoms. The van der Waals surface area contributed by atoms with E-state index in [1.54, 1.807) is 55.1 Å². The maximum Gasteiger partial charge on any atom is 0.261 e. The lowest BCUT2D eigenvalue weighted by Crippen LogP contribution is -2.36. The first-order valence-electron chi connectivity index (χ1n) is 11.1. The van der Waals surface area contributed by atoms with Gasteiger partial charge in [0.15, 0.2) is 0 Å². The van der Waals surface area contributed by atoms with Crippen LogP contribution in [0.3, 0.4) is 0 Å². The van der Waals surface area contributed by atoms with E-state index in [4.69, 9.17) is 0 Å². The van der Waals surface area contributed by atoms with Crippen LogP contribution in [0.5, 0.6) is 0 Å². The summed E-state index contributed by atoms with van der Waals surface area (Å²) in [4.78, 5) is 26.5. The van der Waals surface area contributed by atoms with E-state index in [1.165, 1.54) is 12.1 Å². The summed E-state index contributed by atoms with van der Waals surface area (Å²) in [5, 5.41) is 2.74. The quantitative estimate of drug-likeness (QED) is 0.554. The van der Waals surface area contributed by atoms with Crippen LogP contribution in [0.1, 0.15) is 35.3 Å². The fourth-order valence-electron chi connectivity index (χ4n) is 3.78. The van der Waals surface area contributed by atoms with Gasteiger partial charge in [0.2, 0.25) is 5.91 Å². The lowest BCUT2D eigenvalue weighted by Gasteiger charge is -2.29. The van der Waals surface area contributed by atoms with Gasteiger partial charge in [-0.3, -0.25) is 14.3 Å². The Morgan fingerprint density at radius 1 is 0.882 bits per heavy atom. The van der Waals surface area contributed by atoms with E-state index in [0.717, 1.165) is 11.1 Å². The lowest BCUT2D eigenvalue weighted by molar-refractivity contribution is -0.118. The zero-order valence-electron chi connectivity index (χ0n) is 19.1. The molecule has 0 spiro atoms. The first-order chi connectivity index (χ1) is 16.2. The number of anilines is 2. The molecule has 0 radical (unpaired) electrons. The highest BCUT2D eigenvalue weighted by Gasteiger charge is 2.23. The number of benzene rings is 3. The van der Waals surface area contributed by atoms with E-state index in [0.29, 0.717) is 36.4 Å². The van der Waals surface area contributed by atoms with E-state index in [2.05, 4.69) is 10.0 Å². The van der Waals surface area contributed by atoms with Crippen LogP contribution in [-0.2, 0) is 27.8 Å². The van der Waals surface area contributed by atoms with Crippen molar-refractivity contribution < 1.29 is 18.0 Å². The third-order valence-electron chi connectivity index (χ3n) is 5.74. The van der Waals surface area contributed by atoms with Crippen molar-refractivity contribution in [3.63, 3.8) is 0 Å². The van der Waals surface area contributed by atoms with Crippen molar-refractivity contribution in [3.8, 4) is 0 Å². The Hall–Kier alpha value is -3.65. The second-order valence-corrected chi connectivity index (χ2v) is 10.3. The molecule has 3 aromatic rings. The fraction of sp³-hybridized carbons (Fsp3) is 0.231. The van der Waals surface area contributed by atoms with E-state index >= 15 is 0 Å². The molecule has 0 saturated carbocycles. The van der Waals surface area contributed by atoms with Gasteiger partial charge in [0, 0.05) is 35.9 Å². The minimum absolute atomic E-state index is 0.0399. The average molecular weight is 478 g/mol. The van der Waals surface area contributed by atoms with E-state index < -0.39 is 10.0 Å². The second-order valence-electron chi connectivity index (χ2n) is 8.60. The molecular formula is C26H27N3O4S. The Morgan fingerprint density at radius 2 is 1.56 bits per heavy atom. The molecule has 4 rings (SSSR count). The second kappa shape index (κ2) is 9.69. The van der Waals surface area contributed by atoms with Gasteiger partial charge in [0.05, 0.1) is 4.90 Å². The number of rotatable bonds is 6. The first kappa shape index (κ1) is 23.5. The van der Waals surface area contributed by atoms with Gasteiger partial charge >= 0.3 is 0 Å². The van der Waals surface area contributed by atoms with Crippen LogP contribution in [0, 0.1) is 5.92 Å². The van der Waals surface area contributed by atoms with E-state index in [-0.39, 0.29) is 22.6 Å². The molecule has 7 nitrogen and oxygen atoms in total. The van der Waals surface area contributed by atoms with Crippen LogP contribution in [0.4, 0.5) is 11.4 Å². The topological polar surface area (TPSA) is 95.6 Å². The number of sulfonamides is 1. The summed E-state index contributed by atoms with van der Waals surface area (Å²) >= 11 is 0. The van der Waals surface area contributed by atoms with Crippen molar-refractivity contribution in [3.05, 3.63) is 89.5 Å². The van der Waals surface area contributed by atoms with Crippen LogP contribution in [0.2, 0.25) is 0 Å². The number of carbonyl (C=O) groups excluding carboxylic acids is 2. The summed E-state index contributed by atoms with van der Waals surface area (Å²) in [6.07, 6.45) is 0.713. The van der Waals surface area contributed by atoms with Crippen molar-refractivity contribution in [1.82, 2.24) is 4.90 Å². The molecule has 1 aliphatic rings. The molecule has 176 valence electrons. The summed E-state index contributed by atoms with van der Waals surface area (Å²) < 4.78 is 28.4. The van der Waals surface area contributed by atoms with Gasteiger partial charge in [-0.05, 0) is 66.1 Å². The zero-order valence-corrected chi connectivity index (χ0v) is 19.9. The average Bonchev–Trinajstić information content (AvgIpc) is 2.83. The molecule has 1 aliphatic heterocycles. The molecular weight excluding hydrogens is 450 g/mol. The summed E-state index contributed by atoms with van der Waals surface area (Å²) in [7, 11) is -3.82. The Kier molecular flexibility index (Phi) is 6.70. The number of hydrogen-bond acceptors (Lipinski definition) is 4. The highest BCUT2D eigenvalue weighted by Crippen LogP contribution is 2.26. The normalized spacial score (nSPS) is 13.3. The molecule has 0 saturated heterocycles. The van der Waals surface area contributed by atoms with Gasteiger partial charge in [-0.2, -0.15) is 0 Å². The highest BCUT2D eigenvalue weighted by atomic mass is 32.2. The molecule has 0 unspecified atom stereocenters. The minimum Gasteiger partial charge on any atom is -0.334 e. The van der Waals surface area contributed by atoms with Gasteiger partial charge in [-0.25, -0.2) is 8.42 Å². The van der Waals surface area contributed by atoms with Gasteiger partial charge in [-0.1, -0.05) is 38.1 Å². The number of nitrogens with zero attached hydrogens (tertiary/aromatic N) is 1. The van der Waals surface area contributed by atoms with Crippen molar-refractivity contribution in [2.24, 2.45) is 5.92 Å². The molecule has 2 amide bonds. The summed E-state index contributed by atoms with van der Waals surface area (Å²) in [6, 6.07) is 20.6. The largest absolute Gasteiger partial charge is 0.334 e. The van der Waals surface area contributed by atoms with Crippen molar-refractivity contribution in [1.29, 1.82) is 0 Å². The van der Waals surface area contributed by atoms with Crippen LogP contribution >= 0.6 is 0 Å². The van der Waals surface area contributed by atoms with Crippen molar-refractivity contribution in [2.45, 2.75) is 31.7 Å². The smallest absolute Gasteiger partial charge is 0.261 e. The van der Waals surface area contributed by atoms with Crippen molar-refractivity contribution >= 4 is 33.2 Å². The summed E-state index contributed by atoms with van der Waals surface area (Å²) in [5.74, 6) is -0.350. The predicted molar refractivity (Wildman–Crippen MR) is 132 cm³/mol. The Bertz CT molecular complexity index is 1300.